The second-order valence-electron chi connectivity index (χ2n) is 8.52. The Morgan fingerprint density at radius 1 is 1.10 bits per heavy atom. The molecule has 5 nitrogen and oxygen atoms in total. The number of hydrogen-bond donors (Lipinski definition) is 1. The molecule has 1 N–H and O–H groups in total. The van der Waals surface area contributed by atoms with E-state index in [4.69, 9.17) is 5.10 Å². The van der Waals surface area contributed by atoms with Gasteiger partial charge in [0.1, 0.15) is 5.69 Å². The summed E-state index contributed by atoms with van der Waals surface area (Å²) >= 11 is 0. The Hall–Kier alpha value is -2.92. The standard InChI is InChI=1S/C26H32N4O/c1-20-10-8-14-23(18-20)30-25(19-24(28-30)22-12-4-3-5-13-22)26(31)27-15-9-17-29-16-7-6-11-21(29)2/h3-5,8,10,12-14,18-19,21H,6-7,9,11,15-17H2,1-2H3,(H,27,31)/t21-/m0/s1. The number of benzene rings is 2. The van der Waals surface area contributed by atoms with Crippen LogP contribution < -0.4 is 5.32 Å². The zero-order valence-electron chi connectivity index (χ0n) is 18.6. The molecule has 0 bridgehead atoms. The zero-order valence-corrected chi connectivity index (χ0v) is 18.6. The SMILES string of the molecule is Cc1cccc(-n2nc(-c3ccccc3)cc2C(=O)NCCCN2CCCC[C@@H]2C)c1. The number of nitrogens with zero attached hydrogens (tertiary/aromatic N) is 3. The largest absolute Gasteiger partial charge is 0.351 e. The molecule has 0 spiro atoms. The quantitative estimate of drug-likeness (QED) is 0.561. The summed E-state index contributed by atoms with van der Waals surface area (Å²) in [6, 6.07) is 20.6. The van der Waals surface area contributed by atoms with E-state index in [2.05, 4.69) is 23.2 Å². The lowest BCUT2D eigenvalue weighted by Crippen LogP contribution is -2.39. The van der Waals surface area contributed by atoms with Crippen LogP contribution in [0.1, 0.15) is 48.7 Å². The number of rotatable bonds is 7. The monoisotopic (exact) mass is 416 g/mol. The summed E-state index contributed by atoms with van der Waals surface area (Å²) in [6.07, 6.45) is 4.86. The van der Waals surface area contributed by atoms with Gasteiger partial charge in [-0.25, -0.2) is 4.68 Å². The second kappa shape index (κ2) is 9.92. The predicted molar refractivity (Wildman–Crippen MR) is 126 cm³/mol. The van der Waals surface area contributed by atoms with Gasteiger partial charge in [0.05, 0.1) is 11.4 Å². The Morgan fingerprint density at radius 2 is 1.94 bits per heavy atom. The van der Waals surface area contributed by atoms with Crippen LogP contribution >= 0.6 is 0 Å². The molecule has 1 aliphatic heterocycles. The average Bonchev–Trinajstić information content (AvgIpc) is 3.24. The number of carbonyl (C=O) groups is 1. The second-order valence-corrected chi connectivity index (χ2v) is 8.52. The predicted octanol–water partition coefficient (Wildman–Crippen LogP) is 4.84. The van der Waals surface area contributed by atoms with Crippen molar-refractivity contribution in [3.63, 3.8) is 0 Å². The summed E-state index contributed by atoms with van der Waals surface area (Å²) in [5.41, 5.74) is 4.40. The van der Waals surface area contributed by atoms with Crippen LogP contribution in [0.5, 0.6) is 0 Å². The zero-order chi connectivity index (χ0) is 21.6. The molecule has 1 saturated heterocycles. The van der Waals surface area contributed by atoms with Gasteiger partial charge in [-0.3, -0.25) is 4.79 Å². The van der Waals surface area contributed by atoms with Crippen LogP contribution in [-0.4, -0.2) is 46.3 Å². The van der Waals surface area contributed by atoms with Crippen LogP contribution in [0.15, 0.2) is 60.7 Å². The summed E-state index contributed by atoms with van der Waals surface area (Å²) in [5.74, 6) is -0.0807. The van der Waals surface area contributed by atoms with E-state index >= 15 is 0 Å². The summed E-state index contributed by atoms with van der Waals surface area (Å²) in [4.78, 5) is 15.6. The molecule has 0 radical (unpaired) electrons. The molecule has 2 heterocycles. The van der Waals surface area contributed by atoms with Crippen molar-refractivity contribution in [2.75, 3.05) is 19.6 Å². The summed E-state index contributed by atoms with van der Waals surface area (Å²) in [6.45, 7) is 7.24. The van der Waals surface area contributed by atoms with Crippen molar-refractivity contribution in [1.82, 2.24) is 20.0 Å². The van der Waals surface area contributed by atoms with Crippen molar-refractivity contribution >= 4 is 5.91 Å². The van der Waals surface area contributed by atoms with E-state index in [-0.39, 0.29) is 5.91 Å². The van der Waals surface area contributed by atoms with Crippen LogP contribution in [-0.2, 0) is 0 Å². The van der Waals surface area contributed by atoms with Gasteiger partial charge in [-0.15, -0.1) is 0 Å². The third kappa shape index (κ3) is 5.23. The molecule has 4 rings (SSSR count). The first-order chi connectivity index (χ1) is 15.1. The Balaban J connectivity index is 1.49. The minimum absolute atomic E-state index is 0.0807. The minimum atomic E-state index is -0.0807. The maximum atomic E-state index is 13.1. The van der Waals surface area contributed by atoms with Crippen LogP contribution in [0.4, 0.5) is 0 Å². The van der Waals surface area contributed by atoms with Gasteiger partial charge >= 0.3 is 0 Å². The van der Waals surface area contributed by atoms with Gasteiger partial charge in [-0.2, -0.15) is 5.10 Å². The van der Waals surface area contributed by atoms with Crippen molar-refractivity contribution in [3.8, 4) is 16.9 Å². The van der Waals surface area contributed by atoms with Crippen LogP contribution in [0, 0.1) is 6.92 Å². The van der Waals surface area contributed by atoms with Crippen molar-refractivity contribution in [1.29, 1.82) is 0 Å². The van der Waals surface area contributed by atoms with E-state index in [9.17, 15) is 4.79 Å². The van der Waals surface area contributed by atoms with E-state index in [1.807, 2.05) is 61.5 Å². The molecule has 0 saturated carbocycles. The molecule has 31 heavy (non-hydrogen) atoms. The molecule has 0 unspecified atom stereocenters. The molecule has 162 valence electrons. The van der Waals surface area contributed by atoms with E-state index in [1.165, 1.54) is 25.8 Å². The molecule has 1 fully saturated rings. The van der Waals surface area contributed by atoms with E-state index in [1.54, 1.807) is 4.68 Å². The Morgan fingerprint density at radius 3 is 2.71 bits per heavy atom. The van der Waals surface area contributed by atoms with E-state index < -0.39 is 0 Å². The number of nitrogens with one attached hydrogen (secondary N) is 1. The topological polar surface area (TPSA) is 50.2 Å². The fourth-order valence-electron chi connectivity index (χ4n) is 4.31. The summed E-state index contributed by atoms with van der Waals surface area (Å²) < 4.78 is 1.76. The molecule has 1 amide bonds. The third-order valence-corrected chi connectivity index (χ3v) is 6.11. The molecule has 0 aliphatic carbocycles. The normalized spacial score (nSPS) is 16.9. The summed E-state index contributed by atoms with van der Waals surface area (Å²) in [5, 5.41) is 7.89. The number of amides is 1. The Bertz CT molecular complexity index is 1010. The number of aryl methyl sites for hydroxylation is 1. The van der Waals surface area contributed by atoms with E-state index in [0.717, 1.165) is 35.5 Å². The maximum absolute atomic E-state index is 13.1. The Labute approximate surface area is 185 Å². The lowest BCUT2D eigenvalue weighted by Gasteiger charge is -2.33. The van der Waals surface area contributed by atoms with Crippen molar-refractivity contribution < 1.29 is 4.79 Å². The smallest absolute Gasteiger partial charge is 0.270 e. The van der Waals surface area contributed by atoms with Crippen LogP contribution in [0.3, 0.4) is 0 Å². The number of hydrogen-bond acceptors (Lipinski definition) is 3. The number of aromatic nitrogens is 2. The molecule has 1 atom stereocenters. The highest BCUT2D eigenvalue weighted by atomic mass is 16.2. The number of likely N-dealkylation sites (tertiary alicyclic amines) is 1. The average molecular weight is 417 g/mol. The molecular formula is C26H32N4O. The van der Waals surface area contributed by atoms with Crippen molar-refractivity contribution in [2.45, 2.75) is 45.6 Å². The van der Waals surface area contributed by atoms with Crippen molar-refractivity contribution in [2.24, 2.45) is 0 Å². The first kappa shape index (κ1) is 21.3. The molecule has 1 aromatic heterocycles. The van der Waals surface area contributed by atoms with E-state index in [0.29, 0.717) is 18.3 Å². The molecule has 3 aromatic rings. The highest BCUT2D eigenvalue weighted by Crippen LogP contribution is 2.22. The third-order valence-electron chi connectivity index (χ3n) is 6.11. The van der Waals surface area contributed by atoms with Gasteiger partial charge in [0.15, 0.2) is 0 Å². The fourth-order valence-corrected chi connectivity index (χ4v) is 4.31. The fraction of sp³-hybridized carbons (Fsp3) is 0.385. The van der Waals surface area contributed by atoms with Gasteiger partial charge in [0.2, 0.25) is 0 Å². The lowest BCUT2D eigenvalue weighted by molar-refractivity contribution is 0.0941. The molecule has 5 heteroatoms. The van der Waals surface area contributed by atoms with Crippen LogP contribution in [0.2, 0.25) is 0 Å². The maximum Gasteiger partial charge on any atom is 0.270 e. The molecule has 2 aromatic carbocycles. The van der Waals surface area contributed by atoms with Crippen LogP contribution in [0.25, 0.3) is 16.9 Å². The lowest BCUT2D eigenvalue weighted by atomic mass is 10.0. The summed E-state index contributed by atoms with van der Waals surface area (Å²) in [7, 11) is 0. The van der Waals surface area contributed by atoms with Gasteiger partial charge < -0.3 is 10.2 Å². The highest BCUT2D eigenvalue weighted by Gasteiger charge is 2.19. The first-order valence-corrected chi connectivity index (χ1v) is 11.4. The van der Waals surface area contributed by atoms with Crippen molar-refractivity contribution in [3.05, 3.63) is 71.9 Å². The van der Waals surface area contributed by atoms with Gasteiger partial charge in [-0.05, 0) is 63.4 Å². The number of piperidine rings is 1. The van der Waals surface area contributed by atoms with Gasteiger partial charge in [-0.1, -0.05) is 48.9 Å². The molecular weight excluding hydrogens is 384 g/mol. The number of carbonyl (C=O) groups excluding carboxylic acids is 1. The Kier molecular flexibility index (Phi) is 6.82. The van der Waals surface area contributed by atoms with Gasteiger partial charge in [0, 0.05) is 24.7 Å². The first-order valence-electron chi connectivity index (χ1n) is 11.4. The van der Waals surface area contributed by atoms with Gasteiger partial charge in [0.25, 0.3) is 5.91 Å². The molecule has 1 aliphatic rings. The highest BCUT2D eigenvalue weighted by molar-refractivity contribution is 5.94. The minimum Gasteiger partial charge on any atom is -0.351 e.